The third kappa shape index (κ3) is 1.72. The van der Waals surface area contributed by atoms with Crippen LogP contribution in [0.4, 0.5) is 5.69 Å². The van der Waals surface area contributed by atoms with Crippen molar-refractivity contribution in [2.45, 2.75) is 33.1 Å². The predicted molar refractivity (Wildman–Crippen MR) is 80.4 cm³/mol. The summed E-state index contributed by atoms with van der Waals surface area (Å²) in [6.07, 6.45) is 3.50. The van der Waals surface area contributed by atoms with Crippen molar-refractivity contribution >= 4 is 32.5 Å². The topological polar surface area (TPSA) is 24.9 Å². The molecule has 18 heavy (non-hydrogen) atoms. The van der Waals surface area contributed by atoms with Crippen LogP contribution in [0.15, 0.2) is 16.6 Å². The van der Waals surface area contributed by atoms with Crippen molar-refractivity contribution in [2.24, 2.45) is 0 Å². The minimum atomic E-state index is 0.950. The van der Waals surface area contributed by atoms with E-state index in [1.54, 1.807) is 0 Å². The molecule has 1 aromatic carbocycles. The minimum Gasteiger partial charge on any atom is -0.384 e. The lowest BCUT2D eigenvalue weighted by Gasteiger charge is -2.15. The van der Waals surface area contributed by atoms with Crippen molar-refractivity contribution in [3.05, 3.63) is 33.4 Å². The van der Waals surface area contributed by atoms with E-state index < -0.39 is 0 Å². The smallest absolute Gasteiger partial charge is 0.0766 e. The van der Waals surface area contributed by atoms with E-state index in [1.165, 1.54) is 34.3 Å². The molecule has 3 rings (SSSR count). The van der Waals surface area contributed by atoms with Gasteiger partial charge >= 0.3 is 0 Å². The molecule has 0 saturated heterocycles. The number of rotatable bonds is 2. The monoisotopic (exact) mass is 304 g/mol. The molecule has 0 unspecified atom stereocenters. The Balaban J connectivity index is 2.42. The van der Waals surface area contributed by atoms with Crippen molar-refractivity contribution in [1.82, 2.24) is 4.98 Å². The largest absolute Gasteiger partial charge is 0.384 e. The molecule has 3 heteroatoms. The third-order valence-electron chi connectivity index (χ3n) is 3.67. The molecule has 0 atom stereocenters. The number of nitrogens with one attached hydrogen (secondary N) is 1. The standard InChI is InChI=1S/C15H17BrN2/c1-3-17-15-10-5-4-6-12(10)18-14-9(2)7-8-11(16)13(14)15/h7-8H,3-6H2,1-2H3,(H,17,18). The van der Waals surface area contributed by atoms with Crippen LogP contribution in [0.2, 0.25) is 0 Å². The van der Waals surface area contributed by atoms with E-state index >= 15 is 0 Å². The van der Waals surface area contributed by atoms with Gasteiger partial charge < -0.3 is 5.32 Å². The van der Waals surface area contributed by atoms with E-state index in [9.17, 15) is 0 Å². The van der Waals surface area contributed by atoms with Gasteiger partial charge in [0.2, 0.25) is 0 Å². The van der Waals surface area contributed by atoms with Crippen LogP contribution in [0, 0.1) is 6.92 Å². The zero-order chi connectivity index (χ0) is 12.7. The lowest BCUT2D eigenvalue weighted by molar-refractivity contribution is 0.901. The normalized spacial score (nSPS) is 13.9. The Bertz CT molecular complexity index is 620. The van der Waals surface area contributed by atoms with Gasteiger partial charge in [-0.1, -0.05) is 22.0 Å². The number of aromatic nitrogens is 1. The molecule has 1 heterocycles. The first-order chi connectivity index (χ1) is 8.72. The zero-order valence-electron chi connectivity index (χ0n) is 10.8. The maximum atomic E-state index is 4.89. The average Bonchev–Trinajstić information content (AvgIpc) is 2.82. The second-order valence-corrected chi connectivity index (χ2v) is 5.74. The van der Waals surface area contributed by atoms with Crippen LogP contribution in [0.25, 0.3) is 10.9 Å². The van der Waals surface area contributed by atoms with Gasteiger partial charge in [0.15, 0.2) is 0 Å². The number of hydrogen-bond donors (Lipinski definition) is 1. The van der Waals surface area contributed by atoms with Crippen LogP contribution in [0.5, 0.6) is 0 Å². The maximum absolute atomic E-state index is 4.89. The van der Waals surface area contributed by atoms with Crippen molar-refractivity contribution in [2.75, 3.05) is 11.9 Å². The molecule has 1 aromatic heterocycles. The lowest BCUT2D eigenvalue weighted by Crippen LogP contribution is -2.04. The highest BCUT2D eigenvalue weighted by Gasteiger charge is 2.21. The molecule has 0 fully saturated rings. The molecule has 0 aliphatic heterocycles. The van der Waals surface area contributed by atoms with Gasteiger partial charge in [-0.05, 0) is 50.3 Å². The summed E-state index contributed by atoms with van der Waals surface area (Å²) in [6.45, 7) is 5.24. The molecule has 1 N–H and O–H groups in total. The first-order valence-corrected chi connectivity index (χ1v) is 7.36. The number of anilines is 1. The van der Waals surface area contributed by atoms with Crippen LogP contribution in [-0.2, 0) is 12.8 Å². The highest BCUT2D eigenvalue weighted by atomic mass is 79.9. The van der Waals surface area contributed by atoms with Gasteiger partial charge in [-0.2, -0.15) is 0 Å². The van der Waals surface area contributed by atoms with Gasteiger partial charge in [0.1, 0.15) is 0 Å². The second kappa shape index (κ2) is 4.54. The van der Waals surface area contributed by atoms with Gasteiger partial charge in [0, 0.05) is 27.8 Å². The highest BCUT2D eigenvalue weighted by molar-refractivity contribution is 9.10. The third-order valence-corrected chi connectivity index (χ3v) is 4.33. The Morgan fingerprint density at radius 2 is 2.17 bits per heavy atom. The fourth-order valence-corrected chi connectivity index (χ4v) is 3.35. The second-order valence-electron chi connectivity index (χ2n) is 4.88. The van der Waals surface area contributed by atoms with Crippen molar-refractivity contribution in [3.63, 3.8) is 0 Å². The highest BCUT2D eigenvalue weighted by Crippen LogP contribution is 2.38. The first-order valence-electron chi connectivity index (χ1n) is 6.56. The predicted octanol–water partition coefficient (Wildman–Crippen LogP) is 4.23. The summed E-state index contributed by atoms with van der Waals surface area (Å²) in [4.78, 5) is 4.89. The Labute approximate surface area is 116 Å². The number of halogens is 1. The summed E-state index contributed by atoms with van der Waals surface area (Å²) in [7, 11) is 0. The Morgan fingerprint density at radius 3 is 2.94 bits per heavy atom. The van der Waals surface area contributed by atoms with Crippen LogP contribution >= 0.6 is 15.9 Å². The quantitative estimate of drug-likeness (QED) is 0.898. The molecular formula is C15H17BrN2. The van der Waals surface area contributed by atoms with Crippen molar-refractivity contribution in [3.8, 4) is 0 Å². The lowest BCUT2D eigenvalue weighted by atomic mass is 10.0. The van der Waals surface area contributed by atoms with Crippen molar-refractivity contribution < 1.29 is 0 Å². The average molecular weight is 305 g/mol. The molecule has 0 saturated carbocycles. The number of aryl methyl sites for hydroxylation is 2. The number of fused-ring (bicyclic) bond motifs is 2. The summed E-state index contributed by atoms with van der Waals surface area (Å²) >= 11 is 3.68. The van der Waals surface area contributed by atoms with Gasteiger partial charge in [0.05, 0.1) is 5.52 Å². The van der Waals surface area contributed by atoms with E-state index in [-0.39, 0.29) is 0 Å². The van der Waals surface area contributed by atoms with Crippen LogP contribution in [-0.4, -0.2) is 11.5 Å². The minimum absolute atomic E-state index is 0.950. The van der Waals surface area contributed by atoms with Gasteiger partial charge in [0.25, 0.3) is 0 Å². The molecule has 94 valence electrons. The van der Waals surface area contributed by atoms with Crippen LogP contribution < -0.4 is 5.32 Å². The number of hydrogen-bond acceptors (Lipinski definition) is 2. The van der Waals surface area contributed by atoms with E-state index in [2.05, 4.69) is 47.2 Å². The zero-order valence-corrected chi connectivity index (χ0v) is 12.4. The van der Waals surface area contributed by atoms with E-state index in [1.807, 2.05) is 0 Å². The van der Waals surface area contributed by atoms with E-state index in [0.717, 1.165) is 29.4 Å². The molecule has 2 nitrogen and oxygen atoms in total. The van der Waals surface area contributed by atoms with Gasteiger partial charge in [-0.3, -0.25) is 4.98 Å². The SMILES string of the molecule is CCNc1c2c(nc3c(C)ccc(Br)c13)CCC2. The summed E-state index contributed by atoms with van der Waals surface area (Å²) in [6, 6.07) is 4.26. The summed E-state index contributed by atoms with van der Waals surface area (Å²) in [5.41, 5.74) is 6.41. The molecule has 1 aliphatic rings. The Kier molecular flexibility index (Phi) is 3.02. The fourth-order valence-electron chi connectivity index (χ4n) is 2.83. The Morgan fingerprint density at radius 1 is 1.33 bits per heavy atom. The molecular weight excluding hydrogens is 288 g/mol. The molecule has 0 bridgehead atoms. The summed E-state index contributed by atoms with van der Waals surface area (Å²) in [5, 5.41) is 4.80. The number of benzene rings is 1. The van der Waals surface area contributed by atoms with Crippen LogP contribution in [0.1, 0.15) is 30.2 Å². The fraction of sp³-hybridized carbons (Fsp3) is 0.400. The van der Waals surface area contributed by atoms with E-state index in [0.29, 0.717) is 0 Å². The number of nitrogens with zero attached hydrogens (tertiary/aromatic N) is 1. The molecule has 0 spiro atoms. The van der Waals surface area contributed by atoms with Crippen LogP contribution in [0.3, 0.4) is 0 Å². The number of pyridine rings is 1. The van der Waals surface area contributed by atoms with Crippen molar-refractivity contribution in [1.29, 1.82) is 0 Å². The molecule has 2 aromatic rings. The summed E-state index contributed by atoms with van der Waals surface area (Å²) in [5.74, 6) is 0. The first kappa shape index (κ1) is 12.0. The summed E-state index contributed by atoms with van der Waals surface area (Å²) < 4.78 is 1.14. The molecule has 0 radical (unpaired) electrons. The molecule has 0 amide bonds. The van der Waals surface area contributed by atoms with E-state index in [4.69, 9.17) is 4.98 Å². The maximum Gasteiger partial charge on any atom is 0.0766 e. The van der Waals surface area contributed by atoms with Gasteiger partial charge in [-0.25, -0.2) is 0 Å². The van der Waals surface area contributed by atoms with Gasteiger partial charge in [-0.15, -0.1) is 0 Å². The Hall–Kier alpha value is -1.09. The molecule has 1 aliphatic carbocycles.